The molecule has 1 heterocycles. The van der Waals surface area contributed by atoms with Gasteiger partial charge in [-0.3, -0.25) is 0 Å². The summed E-state index contributed by atoms with van der Waals surface area (Å²) < 4.78 is 6.97. The third-order valence-corrected chi connectivity index (χ3v) is 3.65. The van der Waals surface area contributed by atoms with Crippen molar-refractivity contribution in [1.29, 1.82) is 0 Å². The molecule has 1 fully saturated rings. The second-order valence-electron chi connectivity index (χ2n) is 4.44. The number of hydrogen-bond donors (Lipinski definition) is 1. The minimum Gasteiger partial charge on any atom is -0.490 e. The van der Waals surface area contributed by atoms with E-state index in [1.807, 2.05) is 31.1 Å². The number of halogens is 1. The first kappa shape index (κ1) is 12.9. The van der Waals surface area contributed by atoms with Crippen molar-refractivity contribution in [2.45, 2.75) is 25.8 Å². The Morgan fingerprint density at radius 1 is 1.29 bits per heavy atom. The summed E-state index contributed by atoms with van der Waals surface area (Å²) in [4.78, 5) is 2.07. The van der Waals surface area contributed by atoms with Gasteiger partial charge in [-0.2, -0.15) is 0 Å². The summed E-state index contributed by atoms with van der Waals surface area (Å²) >= 11 is 3.40. The van der Waals surface area contributed by atoms with E-state index in [1.54, 1.807) is 0 Å². The molecular formula is C12H17BBrNO2. The lowest BCUT2D eigenvalue weighted by atomic mass is 9.82. The second-order valence-corrected chi connectivity index (χ2v) is 5.35. The van der Waals surface area contributed by atoms with Crippen LogP contribution in [0.1, 0.15) is 12.8 Å². The van der Waals surface area contributed by atoms with Crippen molar-refractivity contribution >= 4 is 23.0 Å². The van der Waals surface area contributed by atoms with E-state index < -0.39 is 0 Å². The Balaban J connectivity index is 1.84. The normalized spacial score (nSPS) is 18.1. The summed E-state index contributed by atoms with van der Waals surface area (Å²) in [5, 5.41) is 9.46. The van der Waals surface area contributed by atoms with Gasteiger partial charge in [-0.15, -0.1) is 0 Å². The van der Waals surface area contributed by atoms with Crippen LogP contribution in [0.15, 0.2) is 28.7 Å². The lowest BCUT2D eigenvalue weighted by molar-refractivity contribution is 0.128. The molecule has 0 unspecified atom stereocenters. The highest BCUT2D eigenvalue weighted by atomic mass is 79.9. The van der Waals surface area contributed by atoms with Crippen molar-refractivity contribution in [2.75, 3.05) is 13.1 Å². The number of nitrogens with zero attached hydrogens (tertiary/aromatic N) is 1. The Morgan fingerprint density at radius 3 is 2.41 bits per heavy atom. The molecule has 3 nitrogen and oxygen atoms in total. The maximum atomic E-state index is 9.46. The van der Waals surface area contributed by atoms with Crippen LogP contribution in [0.5, 0.6) is 5.75 Å². The molecule has 17 heavy (non-hydrogen) atoms. The minimum absolute atomic E-state index is 0.270. The van der Waals surface area contributed by atoms with Crippen LogP contribution < -0.4 is 4.74 Å². The molecule has 0 aliphatic carbocycles. The summed E-state index contributed by atoms with van der Waals surface area (Å²) in [5.41, 5.74) is 0. The molecule has 1 N–H and O–H groups in total. The van der Waals surface area contributed by atoms with Gasteiger partial charge >= 0.3 is 7.05 Å². The molecule has 1 aromatic carbocycles. The minimum atomic E-state index is -0.344. The summed E-state index contributed by atoms with van der Waals surface area (Å²) in [6, 6.07) is 7.93. The summed E-state index contributed by atoms with van der Waals surface area (Å²) in [6.07, 6.45) is 2.22. The fourth-order valence-corrected chi connectivity index (χ4v) is 2.34. The maximum absolute atomic E-state index is 9.46. The molecule has 0 atom stereocenters. The van der Waals surface area contributed by atoms with E-state index in [4.69, 9.17) is 4.74 Å². The van der Waals surface area contributed by atoms with Gasteiger partial charge in [0.1, 0.15) is 11.9 Å². The third kappa shape index (κ3) is 3.73. The number of ether oxygens (including phenoxy) is 1. The maximum Gasteiger partial charge on any atom is 0.376 e. The number of benzene rings is 1. The van der Waals surface area contributed by atoms with Gasteiger partial charge in [-0.25, -0.2) is 0 Å². The van der Waals surface area contributed by atoms with Crippen molar-refractivity contribution in [3.05, 3.63) is 28.7 Å². The van der Waals surface area contributed by atoms with E-state index in [2.05, 4.69) is 20.7 Å². The third-order valence-electron chi connectivity index (χ3n) is 3.12. The number of hydrogen-bond acceptors (Lipinski definition) is 3. The predicted molar refractivity (Wildman–Crippen MR) is 73.2 cm³/mol. The monoisotopic (exact) mass is 297 g/mol. The van der Waals surface area contributed by atoms with Crippen LogP contribution in [0.3, 0.4) is 0 Å². The molecule has 1 aliphatic heterocycles. The molecule has 0 amide bonds. The van der Waals surface area contributed by atoms with Crippen molar-refractivity contribution in [2.24, 2.45) is 0 Å². The van der Waals surface area contributed by atoms with Gasteiger partial charge in [0, 0.05) is 4.47 Å². The van der Waals surface area contributed by atoms with Crippen LogP contribution >= 0.6 is 15.9 Å². The van der Waals surface area contributed by atoms with Crippen LogP contribution in [0.25, 0.3) is 0 Å². The van der Waals surface area contributed by atoms with Gasteiger partial charge in [0.25, 0.3) is 0 Å². The quantitative estimate of drug-likeness (QED) is 0.870. The van der Waals surface area contributed by atoms with Gasteiger partial charge in [0.15, 0.2) is 0 Å². The van der Waals surface area contributed by atoms with Gasteiger partial charge in [-0.1, -0.05) is 15.9 Å². The van der Waals surface area contributed by atoms with E-state index in [0.29, 0.717) is 0 Å². The van der Waals surface area contributed by atoms with Crippen LogP contribution in [0, 0.1) is 0 Å². The van der Waals surface area contributed by atoms with Gasteiger partial charge in [-0.05, 0) is 57.0 Å². The van der Waals surface area contributed by atoms with E-state index in [9.17, 15) is 5.02 Å². The molecule has 1 aromatic rings. The van der Waals surface area contributed by atoms with Crippen LogP contribution in [-0.2, 0) is 0 Å². The average molecular weight is 298 g/mol. The fourth-order valence-electron chi connectivity index (χ4n) is 2.07. The first-order chi connectivity index (χ1) is 8.15. The van der Waals surface area contributed by atoms with Crippen LogP contribution in [-0.4, -0.2) is 36.1 Å². The van der Waals surface area contributed by atoms with Crippen molar-refractivity contribution < 1.29 is 9.76 Å². The Morgan fingerprint density at radius 2 is 1.88 bits per heavy atom. The molecule has 92 valence electrons. The van der Waals surface area contributed by atoms with E-state index >= 15 is 0 Å². The van der Waals surface area contributed by atoms with Gasteiger partial charge in [0.05, 0.1) is 0 Å². The van der Waals surface area contributed by atoms with Crippen molar-refractivity contribution in [3.8, 4) is 5.75 Å². The average Bonchev–Trinajstić information content (AvgIpc) is 2.33. The highest BCUT2D eigenvalue weighted by Gasteiger charge is 2.24. The zero-order valence-corrected chi connectivity index (χ0v) is 11.6. The molecule has 1 aliphatic rings. The second kappa shape index (κ2) is 5.89. The van der Waals surface area contributed by atoms with E-state index in [1.165, 1.54) is 0 Å². The summed E-state index contributed by atoms with van der Waals surface area (Å²) in [5.74, 6) is 0.920. The molecule has 0 bridgehead atoms. The summed E-state index contributed by atoms with van der Waals surface area (Å²) in [7, 11) is -0.344. The fraction of sp³-hybridized carbons (Fsp3) is 0.500. The number of piperidine rings is 1. The predicted octanol–water partition coefficient (Wildman–Crippen LogP) is 2.40. The van der Waals surface area contributed by atoms with Crippen molar-refractivity contribution in [1.82, 2.24) is 4.81 Å². The molecule has 0 spiro atoms. The van der Waals surface area contributed by atoms with Gasteiger partial charge < -0.3 is 14.6 Å². The van der Waals surface area contributed by atoms with Crippen LogP contribution in [0.2, 0.25) is 6.82 Å². The highest BCUT2D eigenvalue weighted by Crippen LogP contribution is 2.21. The van der Waals surface area contributed by atoms with Crippen LogP contribution in [0.4, 0.5) is 0 Å². The van der Waals surface area contributed by atoms with E-state index in [0.717, 1.165) is 36.2 Å². The number of rotatable bonds is 3. The molecule has 2 rings (SSSR count). The lowest BCUT2D eigenvalue weighted by Gasteiger charge is -2.32. The first-order valence-corrected chi connectivity index (χ1v) is 6.79. The molecular weight excluding hydrogens is 281 g/mol. The standard InChI is InChI=1S/C12H17BBrNO2/c1-13(16)15-8-6-12(7-9-15)17-11-4-2-10(14)3-5-11/h2-5,12,16H,6-9H2,1H3. The Kier molecular flexibility index (Phi) is 4.48. The molecule has 1 saturated heterocycles. The molecule has 0 aromatic heterocycles. The van der Waals surface area contributed by atoms with E-state index in [-0.39, 0.29) is 13.2 Å². The molecule has 0 radical (unpaired) electrons. The largest absolute Gasteiger partial charge is 0.490 e. The lowest BCUT2D eigenvalue weighted by Crippen LogP contribution is -2.45. The summed E-state index contributed by atoms with van der Waals surface area (Å²) in [6.45, 7) is 3.62. The van der Waals surface area contributed by atoms with Crippen molar-refractivity contribution in [3.63, 3.8) is 0 Å². The Bertz CT molecular complexity index is 350. The smallest absolute Gasteiger partial charge is 0.376 e. The first-order valence-electron chi connectivity index (χ1n) is 5.99. The van der Waals surface area contributed by atoms with Gasteiger partial charge in [0.2, 0.25) is 0 Å². The molecule has 5 heteroatoms. The zero-order chi connectivity index (χ0) is 12.3. The molecule has 0 saturated carbocycles. The highest BCUT2D eigenvalue weighted by molar-refractivity contribution is 9.10. The Labute approximate surface area is 111 Å². The zero-order valence-electron chi connectivity index (χ0n) is 9.97. The topological polar surface area (TPSA) is 32.7 Å². The SMILES string of the molecule is CB(O)N1CCC(Oc2ccc(Br)cc2)CC1. The Hall–Kier alpha value is -0.515.